The molecule has 0 aliphatic rings. The number of nitrogens with one attached hydrogen (secondary N) is 2. The van der Waals surface area contributed by atoms with Crippen LogP contribution >= 0.6 is 11.6 Å². The van der Waals surface area contributed by atoms with Gasteiger partial charge in [0.15, 0.2) is 11.5 Å². The Balaban J connectivity index is 2.32. The van der Waals surface area contributed by atoms with Crippen molar-refractivity contribution >= 4 is 23.5 Å². The highest BCUT2D eigenvalue weighted by Crippen LogP contribution is 2.23. The number of carboxylic acid groups (broad SMARTS) is 1. The summed E-state index contributed by atoms with van der Waals surface area (Å²) in [4.78, 5) is 37.5. The third kappa shape index (κ3) is 3.29. The lowest BCUT2D eigenvalue weighted by atomic mass is 10.1. The van der Waals surface area contributed by atoms with E-state index in [2.05, 4.69) is 10.3 Å². The van der Waals surface area contributed by atoms with Gasteiger partial charge < -0.3 is 15.4 Å². The molecule has 1 atom stereocenters. The van der Waals surface area contributed by atoms with Crippen molar-refractivity contribution in [2.45, 2.75) is 6.04 Å². The minimum absolute atomic E-state index is 0.171. The van der Waals surface area contributed by atoms with E-state index < -0.39 is 23.3 Å². The van der Waals surface area contributed by atoms with E-state index in [0.717, 1.165) is 0 Å². The number of hydrogen-bond acceptors (Lipinski definition) is 3. The molecule has 1 aromatic carbocycles. The number of hydrogen-bond donors (Lipinski definition) is 3. The molecule has 0 bridgehead atoms. The van der Waals surface area contributed by atoms with Gasteiger partial charge in [0.25, 0.3) is 5.91 Å². The lowest BCUT2D eigenvalue weighted by molar-refractivity contribution is -0.139. The topological polar surface area (TPSA) is 99.3 Å². The van der Waals surface area contributed by atoms with Gasteiger partial charge in [0.05, 0.1) is 0 Å². The SMILES string of the molecule is O=C(N[C@@H](C(=O)O)c1ccccc1Cl)c1c[nH]ccc1=O. The molecule has 0 unspecified atom stereocenters. The van der Waals surface area contributed by atoms with Crippen molar-refractivity contribution in [1.29, 1.82) is 0 Å². The molecule has 21 heavy (non-hydrogen) atoms. The molecule has 6 nitrogen and oxygen atoms in total. The van der Waals surface area contributed by atoms with Crippen molar-refractivity contribution in [3.8, 4) is 0 Å². The van der Waals surface area contributed by atoms with Gasteiger partial charge >= 0.3 is 5.97 Å². The van der Waals surface area contributed by atoms with Gasteiger partial charge in [-0.1, -0.05) is 29.8 Å². The summed E-state index contributed by atoms with van der Waals surface area (Å²) in [6, 6.07) is 6.11. The molecule has 1 aromatic heterocycles. The van der Waals surface area contributed by atoms with Crippen LogP contribution in [0.1, 0.15) is 22.0 Å². The van der Waals surface area contributed by atoms with Crippen LogP contribution in [0.15, 0.2) is 47.5 Å². The van der Waals surface area contributed by atoms with Crippen molar-refractivity contribution in [2.75, 3.05) is 0 Å². The number of aromatic amines is 1. The fourth-order valence-corrected chi connectivity index (χ4v) is 2.03. The summed E-state index contributed by atoms with van der Waals surface area (Å²) in [5.74, 6) is -2.06. The molecule has 7 heteroatoms. The summed E-state index contributed by atoms with van der Waals surface area (Å²) in [5, 5.41) is 11.8. The number of carbonyl (C=O) groups is 2. The van der Waals surface area contributed by atoms with E-state index in [4.69, 9.17) is 11.6 Å². The van der Waals surface area contributed by atoms with Gasteiger partial charge in [-0.25, -0.2) is 4.79 Å². The average molecular weight is 307 g/mol. The molecule has 1 amide bonds. The lowest BCUT2D eigenvalue weighted by Gasteiger charge is -2.15. The zero-order chi connectivity index (χ0) is 15.4. The number of carbonyl (C=O) groups excluding carboxylic acids is 1. The van der Waals surface area contributed by atoms with Crippen LogP contribution in [0.4, 0.5) is 0 Å². The average Bonchev–Trinajstić information content (AvgIpc) is 2.45. The van der Waals surface area contributed by atoms with E-state index >= 15 is 0 Å². The van der Waals surface area contributed by atoms with Gasteiger partial charge in [0.2, 0.25) is 0 Å². The highest BCUT2D eigenvalue weighted by molar-refractivity contribution is 6.31. The van der Waals surface area contributed by atoms with Gasteiger partial charge in [0.1, 0.15) is 5.56 Å². The van der Waals surface area contributed by atoms with Crippen LogP contribution < -0.4 is 10.7 Å². The largest absolute Gasteiger partial charge is 0.479 e. The Morgan fingerprint density at radius 3 is 2.57 bits per heavy atom. The molecule has 108 valence electrons. The van der Waals surface area contributed by atoms with E-state index in [-0.39, 0.29) is 16.1 Å². The summed E-state index contributed by atoms with van der Waals surface area (Å²) in [6.45, 7) is 0. The first kappa shape index (κ1) is 14.8. The van der Waals surface area contributed by atoms with Gasteiger partial charge in [-0.05, 0) is 6.07 Å². The maximum atomic E-state index is 12.0. The van der Waals surface area contributed by atoms with E-state index in [1.165, 1.54) is 30.6 Å². The second kappa shape index (κ2) is 6.23. The molecule has 0 saturated carbocycles. The number of H-pyrrole nitrogens is 1. The van der Waals surface area contributed by atoms with Crippen LogP contribution in [-0.4, -0.2) is 22.0 Å². The number of halogens is 1. The van der Waals surface area contributed by atoms with Gasteiger partial charge in [-0.3, -0.25) is 9.59 Å². The quantitative estimate of drug-likeness (QED) is 0.798. The molecule has 2 aromatic rings. The Hall–Kier alpha value is -2.60. The normalized spacial score (nSPS) is 11.7. The Bertz CT molecular complexity index is 742. The predicted molar refractivity (Wildman–Crippen MR) is 76.4 cm³/mol. The first-order valence-corrected chi connectivity index (χ1v) is 6.33. The first-order chi connectivity index (χ1) is 10.0. The first-order valence-electron chi connectivity index (χ1n) is 5.96. The lowest BCUT2D eigenvalue weighted by Crippen LogP contribution is -2.36. The standard InChI is InChI=1S/C14H11ClN2O4/c15-10-4-2-1-3-8(10)12(14(20)21)17-13(19)9-7-16-6-5-11(9)18/h1-7,12H,(H,16,18)(H,17,19)(H,20,21)/t12-/m1/s1. The number of aromatic nitrogens is 1. The molecule has 0 radical (unpaired) electrons. The van der Waals surface area contributed by atoms with E-state index in [9.17, 15) is 19.5 Å². The van der Waals surface area contributed by atoms with Crippen LogP contribution in [0.25, 0.3) is 0 Å². The minimum atomic E-state index is -1.34. The Kier molecular flexibility index (Phi) is 4.39. The molecule has 0 spiro atoms. The number of pyridine rings is 1. The summed E-state index contributed by atoms with van der Waals surface area (Å²) >= 11 is 5.94. The molecule has 0 aliphatic carbocycles. The maximum Gasteiger partial charge on any atom is 0.330 e. The second-order valence-electron chi connectivity index (χ2n) is 4.19. The molecule has 0 fully saturated rings. The zero-order valence-electron chi connectivity index (χ0n) is 10.7. The number of carboxylic acids is 1. The van der Waals surface area contributed by atoms with E-state index in [0.29, 0.717) is 0 Å². The van der Waals surface area contributed by atoms with Gasteiger partial charge in [-0.15, -0.1) is 0 Å². The van der Waals surface area contributed by atoms with Crippen LogP contribution in [0.3, 0.4) is 0 Å². The second-order valence-corrected chi connectivity index (χ2v) is 4.60. The number of amides is 1. The molecule has 1 heterocycles. The van der Waals surface area contributed by atoms with Gasteiger partial charge in [-0.2, -0.15) is 0 Å². The summed E-state index contributed by atoms with van der Waals surface area (Å²) in [7, 11) is 0. The Morgan fingerprint density at radius 2 is 1.95 bits per heavy atom. The molecular formula is C14H11ClN2O4. The van der Waals surface area contributed by atoms with Crippen molar-refractivity contribution in [2.24, 2.45) is 0 Å². The summed E-state index contributed by atoms with van der Waals surface area (Å²) in [5.41, 5.74) is -0.433. The smallest absolute Gasteiger partial charge is 0.330 e. The number of aliphatic carboxylic acids is 1. The zero-order valence-corrected chi connectivity index (χ0v) is 11.4. The van der Waals surface area contributed by atoms with Crippen LogP contribution in [0.2, 0.25) is 5.02 Å². The van der Waals surface area contributed by atoms with Crippen molar-refractivity contribution in [3.63, 3.8) is 0 Å². The van der Waals surface area contributed by atoms with Crippen LogP contribution in [-0.2, 0) is 4.79 Å². The fourth-order valence-electron chi connectivity index (χ4n) is 1.78. The fraction of sp³-hybridized carbons (Fsp3) is 0.0714. The summed E-state index contributed by atoms with van der Waals surface area (Å²) in [6.07, 6.45) is 2.59. The number of benzene rings is 1. The van der Waals surface area contributed by atoms with E-state index in [1.54, 1.807) is 12.1 Å². The van der Waals surface area contributed by atoms with Crippen molar-refractivity contribution < 1.29 is 14.7 Å². The third-order valence-electron chi connectivity index (χ3n) is 2.81. The molecule has 2 rings (SSSR count). The van der Waals surface area contributed by atoms with Crippen molar-refractivity contribution in [1.82, 2.24) is 10.3 Å². The highest BCUT2D eigenvalue weighted by Gasteiger charge is 2.25. The van der Waals surface area contributed by atoms with E-state index in [1.807, 2.05) is 0 Å². The molecule has 0 aliphatic heterocycles. The summed E-state index contributed by atoms with van der Waals surface area (Å²) < 4.78 is 0. The highest BCUT2D eigenvalue weighted by atomic mass is 35.5. The predicted octanol–water partition coefficient (Wildman–Crippen LogP) is 1.58. The van der Waals surface area contributed by atoms with Crippen molar-refractivity contribution in [3.05, 3.63) is 69.1 Å². The maximum absolute atomic E-state index is 12.0. The third-order valence-corrected chi connectivity index (χ3v) is 3.15. The molecular weight excluding hydrogens is 296 g/mol. The minimum Gasteiger partial charge on any atom is -0.479 e. The molecule has 0 saturated heterocycles. The monoisotopic (exact) mass is 306 g/mol. The Morgan fingerprint density at radius 1 is 1.24 bits per heavy atom. The Labute approximate surface area is 124 Å². The van der Waals surface area contributed by atoms with Gasteiger partial charge in [0, 0.05) is 29.0 Å². The number of rotatable bonds is 4. The van der Waals surface area contributed by atoms with Crippen LogP contribution in [0, 0.1) is 0 Å². The molecule has 3 N–H and O–H groups in total. The van der Waals surface area contributed by atoms with Crippen LogP contribution in [0.5, 0.6) is 0 Å².